The maximum absolute atomic E-state index is 13.5. The van der Waals surface area contributed by atoms with Crippen LogP contribution in [0, 0.1) is 5.82 Å². The van der Waals surface area contributed by atoms with Crippen molar-refractivity contribution >= 4 is 33.2 Å². The van der Waals surface area contributed by atoms with Gasteiger partial charge in [-0.15, -0.1) is 0 Å². The highest BCUT2D eigenvalue weighted by Gasteiger charge is 2.29. The number of hydrogen-bond acceptors (Lipinski definition) is 5. The minimum Gasteiger partial charge on any atom is -0.368 e. The molecule has 1 N–H and O–H groups in total. The highest BCUT2D eigenvalue weighted by molar-refractivity contribution is 7.89. The number of carbonyl (C=O) groups excluding carboxylic acids is 2. The van der Waals surface area contributed by atoms with Crippen molar-refractivity contribution in [3.8, 4) is 0 Å². The zero-order chi connectivity index (χ0) is 27.3. The van der Waals surface area contributed by atoms with E-state index in [1.807, 2.05) is 12.1 Å². The molecule has 0 radical (unpaired) electrons. The van der Waals surface area contributed by atoms with Crippen LogP contribution in [-0.4, -0.2) is 68.2 Å². The average molecular weight is 539 g/mol. The van der Waals surface area contributed by atoms with Crippen LogP contribution in [-0.2, 0) is 14.8 Å². The largest absolute Gasteiger partial charge is 0.368 e. The molecule has 3 aromatic rings. The predicted molar refractivity (Wildman–Crippen MR) is 145 cm³/mol. The molecule has 1 heterocycles. The Balaban J connectivity index is 1.33. The Morgan fingerprint density at radius 3 is 2.18 bits per heavy atom. The van der Waals surface area contributed by atoms with Crippen LogP contribution in [0.2, 0.25) is 0 Å². The number of hydrogen-bond donors (Lipinski definition) is 1. The predicted octanol–water partition coefficient (Wildman–Crippen LogP) is 3.83. The zero-order valence-corrected chi connectivity index (χ0v) is 22.2. The summed E-state index contributed by atoms with van der Waals surface area (Å²) in [6.45, 7) is 5.41. The van der Waals surface area contributed by atoms with Crippen molar-refractivity contribution in [1.82, 2.24) is 9.21 Å². The molecule has 0 aromatic heterocycles. The molecule has 0 saturated carbocycles. The maximum atomic E-state index is 13.5. The summed E-state index contributed by atoms with van der Waals surface area (Å²) in [6, 6.07) is 20.6. The van der Waals surface area contributed by atoms with E-state index in [4.69, 9.17) is 0 Å². The average Bonchev–Trinajstić information content (AvgIpc) is 2.92. The molecule has 1 fully saturated rings. The van der Waals surface area contributed by atoms with Crippen molar-refractivity contribution in [3.63, 3.8) is 0 Å². The van der Waals surface area contributed by atoms with Gasteiger partial charge in [0.05, 0.1) is 11.4 Å². The second-order valence-electron chi connectivity index (χ2n) is 9.34. The molecule has 1 aliphatic rings. The number of nitrogens with zero attached hydrogens (tertiary/aromatic N) is 3. The number of piperazine rings is 1. The maximum Gasteiger partial charge on any atom is 0.254 e. The first-order chi connectivity index (χ1) is 18.1. The number of amides is 2. The van der Waals surface area contributed by atoms with E-state index < -0.39 is 27.8 Å². The van der Waals surface area contributed by atoms with E-state index in [1.54, 1.807) is 55.1 Å². The fourth-order valence-electron chi connectivity index (χ4n) is 4.34. The van der Waals surface area contributed by atoms with Gasteiger partial charge in [-0.3, -0.25) is 9.59 Å². The minimum atomic E-state index is -3.82. The van der Waals surface area contributed by atoms with Crippen LogP contribution in [0.4, 0.5) is 15.8 Å². The molecule has 0 unspecified atom stereocenters. The van der Waals surface area contributed by atoms with Crippen LogP contribution in [0.3, 0.4) is 0 Å². The second kappa shape index (κ2) is 11.7. The number of benzene rings is 3. The van der Waals surface area contributed by atoms with E-state index >= 15 is 0 Å². The Labute approximate surface area is 222 Å². The Morgan fingerprint density at radius 1 is 0.921 bits per heavy atom. The summed E-state index contributed by atoms with van der Waals surface area (Å²) in [7, 11) is -3.82. The second-order valence-corrected chi connectivity index (χ2v) is 11.2. The molecule has 4 rings (SSSR count). The third kappa shape index (κ3) is 6.38. The highest BCUT2D eigenvalue weighted by atomic mass is 32.2. The molecule has 3 aromatic carbocycles. The lowest BCUT2D eigenvalue weighted by atomic mass is 10.1. The molecule has 0 spiro atoms. The quantitative estimate of drug-likeness (QED) is 0.471. The Morgan fingerprint density at radius 2 is 1.58 bits per heavy atom. The van der Waals surface area contributed by atoms with Gasteiger partial charge in [-0.2, -0.15) is 4.31 Å². The van der Waals surface area contributed by atoms with Crippen molar-refractivity contribution in [2.75, 3.05) is 42.9 Å². The zero-order valence-electron chi connectivity index (χ0n) is 21.4. The molecule has 0 bridgehead atoms. The Hall–Kier alpha value is -3.76. The van der Waals surface area contributed by atoms with Crippen LogP contribution >= 0.6 is 0 Å². The van der Waals surface area contributed by atoms with Gasteiger partial charge in [0.2, 0.25) is 15.9 Å². The number of carbonyl (C=O) groups is 2. The van der Waals surface area contributed by atoms with E-state index in [9.17, 15) is 22.4 Å². The van der Waals surface area contributed by atoms with Crippen molar-refractivity contribution in [2.24, 2.45) is 0 Å². The van der Waals surface area contributed by atoms with Crippen LogP contribution in [0.5, 0.6) is 0 Å². The van der Waals surface area contributed by atoms with Gasteiger partial charge in [0, 0.05) is 49.2 Å². The molecule has 0 aliphatic carbocycles. The van der Waals surface area contributed by atoms with Crippen LogP contribution in [0.15, 0.2) is 83.8 Å². The van der Waals surface area contributed by atoms with Gasteiger partial charge in [0.25, 0.3) is 5.91 Å². The fraction of sp³-hybridized carbons (Fsp3) is 0.286. The molecule has 2 amide bonds. The van der Waals surface area contributed by atoms with Crippen LogP contribution in [0.1, 0.15) is 24.2 Å². The summed E-state index contributed by atoms with van der Waals surface area (Å²) in [4.78, 5) is 29.4. The number of nitrogens with one attached hydrogen (secondary N) is 1. The molecule has 1 saturated heterocycles. The summed E-state index contributed by atoms with van der Waals surface area (Å²) < 4.78 is 40.7. The van der Waals surface area contributed by atoms with Gasteiger partial charge < -0.3 is 15.1 Å². The van der Waals surface area contributed by atoms with Crippen molar-refractivity contribution < 1.29 is 22.4 Å². The smallest absolute Gasteiger partial charge is 0.254 e. The standard InChI is InChI=1S/C28H31FN4O4S/c1-21(2)33(38(36,37)26-9-4-3-5-10-26)20-27(34)30-24-11-13-25(14-12-24)31-15-17-32(18-16-31)28(35)22-7-6-8-23(29)19-22/h3-14,19,21H,15-18,20H2,1-2H3,(H,30,34). The van der Waals surface area contributed by atoms with Gasteiger partial charge in [0.15, 0.2) is 0 Å². The molecule has 38 heavy (non-hydrogen) atoms. The van der Waals surface area contributed by atoms with Gasteiger partial charge in [-0.25, -0.2) is 12.8 Å². The summed E-state index contributed by atoms with van der Waals surface area (Å²) in [6.07, 6.45) is 0. The molecule has 1 aliphatic heterocycles. The van der Waals surface area contributed by atoms with Crippen LogP contribution in [0.25, 0.3) is 0 Å². The van der Waals surface area contributed by atoms with Crippen molar-refractivity contribution in [3.05, 3.63) is 90.2 Å². The van der Waals surface area contributed by atoms with Gasteiger partial charge in [-0.05, 0) is 68.4 Å². The van der Waals surface area contributed by atoms with E-state index in [0.717, 1.165) is 5.69 Å². The number of anilines is 2. The highest BCUT2D eigenvalue weighted by Crippen LogP contribution is 2.22. The first kappa shape index (κ1) is 27.3. The number of sulfonamides is 1. The van der Waals surface area contributed by atoms with E-state index in [0.29, 0.717) is 37.4 Å². The lowest BCUT2D eigenvalue weighted by Gasteiger charge is -2.36. The summed E-state index contributed by atoms with van der Waals surface area (Å²) in [5.41, 5.74) is 1.84. The lowest BCUT2D eigenvalue weighted by Crippen LogP contribution is -2.48. The topological polar surface area (TPSA) is 90.0 Å². The van der Waals surface area contributed by atoms with Gasteiger partial charge in [0.1, 0.15) is 5.82 Å². The molecule has 8 nitrogen and oxygen atoms in total. The molecule has 10 heteroatoms. The van der Waals surface area contributed by atoms with E-state index in [1.165, 1.54) is 34.6 Å². The van der Waals surface area contributed by atoms with Crippen molar-refractivity contribution in [2.45, 2.75) is 24.8 Å². The van der Waals surface area contributed by atoms with Gasteiger partial charge in [-0.1, -0.05) is 24.3 Å². The van der Waals surface area contributed by atoms with Crippen LogP contribution < -0.4 is 10.2 Å². The Bertz CT molecular complexity index is 1370. The summed E-state index contributed by atoms with van der Waals surface area (Å²) >= 11 is 0. The molecule has 200 valence electrons. The molecule has 0 atom stereocenters. The number of halogens is 1. The SMILES string of the molecule is CC(C)N(CC(=O)Nc1ccc(N2CCN(C(=O)c3cccc(F)c3)CC2)cc1)S(=O)(=O)c1ccccc1. The monoisotopic (exact) mass is 538 g/mol. The lowest BCUT2D eigenvalue weighted by molar-refractivity contribution is -0.116. The summed E-state index contributed by atoms with van der Waals surface area (Å²) in [5, 5.41) is 2.78. The number of rotatable bonds is 8. The van der Waals surface area contributed by atoms with E-state index in [-0.39, 0.29) is 17.3 Å². The third-order valence-corrected chi connectivity index (χ3v) is 8.42. The van der Waals surface area contributed by atoms with E-state index in [2.05, 4.69) is 10.2 Å². The minimum absolute atomic E-state index is 0.142. The first-order valence-corrected chi connectivity index (χ1v) is 13.9. The third-order valence-electron chi connectivity index (χ3n) is 6.38. The fourth-order valence-corrected chi connectivity index (χ4v) is 5.96. The van der Waals surface area contributed by atoms with Crippen molar-refractivity contribution in [1.29, 1.82) is 0 Å². The normalized spacial score (nSPS) is 14.1. The Kier molecular flexibility index (Phi) is 8.43. The molecular weight excluding hydrogens is 507 g/mol. The summed E-state index contributed by atoms with van der Waals surface area (Å²) in [5.74, 6) is -1.06. The molecular formula is C28H31FN4O4S. The first-order valence-electron chi connectivity index (χ1n) is 12.4. The van der Waals surface area contributed by atoms with Gasteiger partial charge >= 0.3 is 0 Å².